The molecule has 4 aromatic carbocycles. The van der Waals surface area contributed by atoms with Crippen molar-refractivity contribution in [1.29, 1.82) is 0 Å². The van der Waals surface area contributed by atoms with Gasteiger partial charge in [0.2, 0.25) is 0 Å². The maximum atomic E-state index is 3.49. The van der Waals surface area contributed by atoms with Crippen LogP contribution in [0.1, 0.15) is 37.5 Å². The summed E-state index contributed by atoms with van der Waals surface area (Å²) in [4.78, 5) is 2.31. The quantitative estimate of drug-likeness (QED) is 0.204. The van der Waals surface area contributed by atoms with Crippen LogP contribution in [-0.2, 0) is 5.41 Å². The number of halogens is 1. The minimum absolute atomic E-state index is 0.135. The lowest BCUT2D eigenvalue weighted by molar-refractivity contribution is 0.590. The molecule has 0 aliphatic carbocycles. The maximum absolute atomic E-state index is 3.49. The Hall–Kier alpha value is -3.04. The lowest BCUT2D eigenvalue weighted by Gasteiger charge is -2.27. The topological polar surface area (TPSA) is 3.24 Å². The van der Waals surface area contributed by atoms with E-state index < -0.39 is 0 Å². The van der Waals surface area contributed by atoms with Crippen LogP contribution in [0.25, 0.3) is 12.2 Å². The van der Waals surface area contributed by atoms with Gasteiger partial charge in [-0.15, -0.1) is 0 Å². The summed E-state index contributed by atoms with van der Waals surface area (Å²) in [5.74, 6) is 0. The predicted molar refractivity (Wildman–Crippen MR) is 151 cm³/mol. The summed E-state index contributed by atoms with van der Waals surface area (Å²) in [6.07, 6.45) is 4.30. The van der Waals surface area contributed by atoms with Gasteiger partial charge in [0.25, 0.3) is 0 Å². The second-order valence-corrected chi connectivity index (χ2v) is 10.4. The normalized spacial score (nSPS) is 11.6. The Balaban J connectivity index is 1.65. The molecule has 0 saturated carbocycles. The Morgan fingerprint density at radius 3 is 1.45 bits per heavy atom. The summed E-state index contributed by atoms with van der Waals surface area (Å²) in [7, 11) is 2.12. The Kier molecular flexibility index (Phi) is 6.90. The summed E-state index contributed by atoms with van der Waals surface area (Å²) in [5.41, 5.74) is 8.54. The van der Waals surface area contributed by atoms with Crippen LogP contribution in [0.5, 0.6) is 0 Å². The number of hydrogen-bond acceptors (Lipinski definition) is 1. The SMILES string of the molecule is Bc1ccc(N(c2ccc(/C=C/c3ccc(Br)cc3)cc2)c2ccc(C(C)(C)C)cc2)cc1. The average Bonchev–Trinajstić information content (AvgIpc) is 2.81. The van der Waals surface area contributed by atoms with E-state index in [2.05, 4.69) is 159 Å². The molecular weight excluding hydrogens is 465 g/mol. The first-order chi connectivity index (χ1) is 15.8. The van der Waals surface area contributed by atoms with Gasteiger partial charge in [0.1, 0.15) is 7.85 Å². The summed E-state index contributed by atoms with van der Waals surface area (Å²) in [6.45, 7) is 6.75. The molecule has 33 heavy (non-hydrogen) atoms. The highest BCUT2D eigenvalue weighted by Gasteiger charge is 2.16. The molecule has 0 unspecified atom stereocenters. The number of nitrogens with zero attached hydrogens (tertiary/aromatic N) is 1. The van der Waals surface area contributed by atoms with Crippen molar-refractivity contribution >= 4 is 58.5 Å². The van der Waals surface area contributed by atoms with E-state index in [1.54, 1.807) is 0 Å². The molecule has 0 N–H and O–H groups in total. The molecule has 0 radical (unpaired) electrons. The minimum atomic E-state index is 0.135. The van der Waals surface area contributed by atoms with Gasteiger partial charge in [-0.25, -0.2) is 0 Å². The Labute approximate surface area is 207 Å². The molecule has 0 bridgehead atoms. The van der Waals surface area contributed by atoms with E-state index >= 15 is 0 Å². The van der Waals surface area contributed by atoms with Crippen LogP contribution in [0.2, 0.25) is 0 Å². The van der Waals surface area contributed by atoms with Crippen LogP contribution in [0.4, 0.5) is 17.1 Å². The lowest BCUT2D eigenvalue weighted by Crippen LogP contribution is -2.13. The molecule has 4 rings (SSSR count). The van der Waals surface area contributed by atoms with Gasteiger partial charge in [0.15, 0.2) is 0 Å². The van der Waals surface area contributed by atoms with Crippen molar-refractivity contribution in [2.45, 2.75) is 26.2 Å². The van der Waals surface area contributed by atoms with Gasteiger partial charge in [-0.1, -0.05) is 103 Å². The van der Waals surface area contributed by atoms with Crippen LogP contribution in [0, 0.1) is 0 Å². The molecule has 0 aromatic heterocycles. The monoisotopic (exact) mass is 493 g/mol. The molecule has 0 fully saturated rings. The molecule has 3 heteroatoms. The number of rotatable bonds is 5. The van der Waals surface area contributed by atoms with Gasteiger partial charge >= 0.3 is 0 Å². The standard InChI is InChI=1S/C30H29BBrN/c1-30(2,3)24-10-18-28(19-11-24)33(29-20-12-25(31)13-21-29)27-16-8-23(9-17-27)5-4-22-6-14-26(32)15-7-22/h4-21H,31H2,1-3H3/b5-4+. The summed E-state index contributed by atoms with van der Waals surface area (Å²) < 4.78 is 1.09. The average molecular weight is 494 g/mol. The second-order valence-electron chi connectivity index (χ2n) is 9.44. The molecule has 0 heterocycles. The van der Waals surface area contributed by atoms with Crippen LogP contribution in [0.15, 0.2) is 102 Å². The fourth-order valence-corrected chi connectivity index (χ4v) is 4.02. The van der Waals surface area contributed by atoms with Crippen LogP contribution in [0.3, 0.4) is 0 Å². The zero-order valence-electron chi connectivity index (χ0n) is 19.7. The van der Waals surface area contributed by atoms with Crippen LogP contribution in [-0.4, -0.2) is 7.85 Å². The van der Waals surface area contributed by atoms with Gasteiger partial charge < -0.3 is 4.90 Å². The van der Waals surface area contributed by atoms with Gasteiger partial charge in [-0.05, 0) is 70.6 Å². The fourth-order valence-electron chi connectivity index (χ4n) is 3.75. The predicted octanol–water partition coefficient (Wildman–Crippen LogP) is 7.65. The highest BCUT2D eigenvalue weighted by molar-refractivity contribution is 9.10. The molecular formula is C30H29BBrN. The van der Waals surface area contributed by atoms with Crippen molar-refractivity contribution in [1.82, 2.24) is 0 Å². The Morgan fingerprint density at radius 2 is 1.00 bits per heavy atom. The van der Waals surface area contributed by atoms with Crippen LogP contribution >= 0.6 is 15.9 Å². The first kappa shape index (κ1) is 23.1. The number of anilines is 3. The Morgan fingerprint density at radius 1 is 0.606 bits per heavy atom. The van der Waals surface area contributed by atoms with Gasteiger partial charge in [-0.2, -0.15) is 0 Å². The van der Waals surface area contributed by atoms with Gasteiger partial charge in [0, 0.05) is 21.5 Å². The van der Waals surface area contributed by atoms with E-state index in [9.17, 15) is 0 Å². The van der Waals surface area contributed by atoms with E-state index in [-0.39, 0.29) is 5.41 Å². The van der Waals surface area contributed by atoms with Crippen molar-refractivity contribution in [2.24, 2.45) is 0 Å². The highest BCUT2D eigenvalue weighted by atomic mass is 79.9. The third-order valence-corrected chi connectivity index (χ3v) is 6.30. The highest BCUT2D eigenvalue weighted by Crippen LogP contribution is 2.35. The molecule has 0 amide bonds. The summed E-state index contributed by atoms with van der Waals surface area (Å²) in [5, 5.41) is 0. The number of benzene rings is 4. The molecule has 0 aliphatic rings. The molecule has 0 saturated heterocycles. The second kappa shape index (κ2) is 9.85. The van der Waals surface area contributed by atoms with Crippen LogP contribution < -0.4 is 10.4 Å². The van der Waals surface area contributed by atoms with E-state index in [0.29, 0.717) is 0 Å². The Bertz CT molecular complexity index is 1220. The smallest absolute Gasteiger partial charge is 0.139 e. The zero-order chi connectivity index (χ0) is 23.4. The van der Waals surface area contributed by atoms with Gasteiger partial charge in [-0.3, -0.25) is 0 Å². The van der Waals surface area contributed by atoms with E-state index in [1.165, 1.54) is 22.2 Å². The van der Waals surface area contributed by atoms with Crippen molar-refractivity contribution < 1.29 is 0 Å². The van der Waals surface area contributed by atoms with Crippen molar-refractivity contribution in [3.63, 3.8) is 0 Å². The molecule has 0 aliphatic heterocycles. The molecule has 0 atom stereocenters. The zero-order valence-corrected chi connectivity index (χ0v) is 21.3. The van der Waals surface area contributed by atoms with E-state index in [1.807, 2.05) is 0 Å². The first-order valence-corrected chi connectivity index (χ1v) is 12.1. The van der Waals surface area contributed by atoms with E-state index in [0.717, 1.165) is 21.5 Å². The third-order valence-electron chi connectivity index (χ3n) is 5.77. The fraction of sp³-hybridized carbons (Fsp3) is 0.133. The molecule has 164 valence electrons. The molecule has 1 nitrogen and oxygen atoms in total. The maximum Gasteiger partial charge on any atom is 0.139 e. The minimum Gasteiger partial charge on any atom is -0.311 e. The van der Waals surface area contributed by atoms with E-state index in [4.69, 9.17) is 0 Å². The summed E-state index contributed by atoms with van der Waals surface area (Å²) >= 11 is 3.49. The number of hydrogen-bond donors (Lipinski definition) is 0. The molecule has 4 aromatic rings. The van der Waals surface area contributed by atoms with Crippen molar-refractivity contribution in [3.05, 3.63) is 118 Å². The summed E-state index contributed by atoms with van der Waals surface area (Å²) in [6, 6.07) is 34.7. The van der Waals surface area contributed by atoms with Crippen molar-refractivity contribution in [3.8, 4) is 0 Å². The van der Waals surface area contributed by atoms with Crippen molar-refractivity contribution in [2.75, 3.05) is 4.90 Å². The largest absolute Gasteiger partial charge is 0.311 e. The molecule has 0 spiro atoms. The third kappa shape index (κ3) is 5.86. The first-order valence-electron chi connectivity index (χ1n) is 11.3. The lowest BCUT2D eigenvalue weighted by atomic mass is 9.87. The van der Waals surface area contributed by atoms with Gasteiger partial charge in [0.05, 0.1) is 0 Å².